The first-order chi connectivity index (χ1) is 11.5. The lowest BCUT2D eigenvalue weighted by molar-refractivity contribution is -0.132. The van der Waals surface area contributed by atoms with E-state index in [9.17, 15) is 14.7 Å². The van der Waals surface area contributed by atoms with Crippen molar-refractivity contribution in [1.82, 2.24) is 10.2 Å². The summed E-state index contributed by atoms with van der Waals surface area (Å²) in [6.45, 7) is 9.44. The lowest BCUT2D eigenvalue weighted by Crippen LogP contribution is -2.30. The Labute approximate surface area is 152 Å². The van der Waals surface area contributed by atoms with E-state index in [-0.39, 0.29) is 17.5 Å². The zero-order valence-electron chi connectivity index (χ0n) is 15.9. The van der Waals surface area contributed by atoms with E-state index in [0.717, 1.165) is 19.4 Å². The number of thiol groups is 1. The summed E-state index contributed by atoms with van der Waals surface area (Å²) in [6, 6.07) is 0.00383. The van der Waals surface area contributed by atoms with Gasteiger partial charge in [-0.05, 0) is 38.1 Å². The summed E-state index contributed by atoms with van der Waals surface area (Å²) in [5, 5.41) is 12.5. The van der Waals surface area contributed by atoms with Gasteiger partial charge in [-0.15, -0.1) is 0 Å². The maximum Gasteiger partial charge on any atom is 0.335 e. The largest absolute Gasteiger partial charge is 0.478 e. The highest BCUT2D eigenvalue weighted by Gasteiger charge is 2.21. The van der Waals surface area contributed by atoms with Crippen LogP contribution in [0.4, 0.5) is 0 Å². The second-order valence-corrected chi connectivity index (χ2v) is 5.03. The van der Waals surface area contributed by atoms with Crippen molar-refractivity contribution in [1.29, 1.82) is 0 Å². The van der Waals surface area contributed by atoms with Crippen molar-refractivity contribution in [3.63, 3.8) is 0 Å². The summed E-state index contributed by atoms with van der Waals surface area (Å²) in [5.41, 5.74) is 0.775. The maximum absolute atomic E-state index is 12.3. The molecule has 0 fully saturated rings. The molecule has 1 atom stereocenters. The molecule has 0 saturated carbocycles. The molecule has 1 amide bonds. The van der Waals surface area contributed by atoms with Gasteiger partial charge < -0.3 is 15.3 Å². The number of nitrogens with one attached hydrogen (secondary N) is 1. The predicted octanol–water partition coefficient (Wildman–Crippen LogP) is 3.14. The molecule has 1 unspecified atom stereocenters. The van der Waals surface area contributed by atoms with Gasteiger partial charge in [-0.3, -0.25) is 4.79 Å². The first-order valence-electron chi connectivity index (χ1n) is 8.58. The van der Waals surface area contributed by atoms with Gasteiger partial charge in [0.25, 0.3) is 0 Å². The van der Waals surface area contributed by atoms with E-state index in [1.807, 2.05) is 27.7 Å². The Morgan fingerprint density at radius 2 is 1.92 bits per heavy atom. The van der Waals surface area contributed by atoms with E-state index in [4.69, 9.17) is 0 Å². The predicted molar refractivity (Wildman–Crippen MR) is 105 cm³/mol. The smallest absolute Gasteiger partial charge is 0.335 e. The van der Waals surface area contributed by atoms with E-state index in [2.05, 4.69) is 17.9 Å². The van der Waals surface area contributed by atoms with E-state index in [0.29, 0.717) is 18.5 Å². The molecule has 0 spiro atoms. The third kappa shape index (κ3) is 9.13. The van der Waals surface area contributed by atoms with E-state index in [1.54, 1.807) is 24.3 Å². The van der Waals surface area contributed by atoms with Crippen molar-refractivity contribution in [3.05, 3.63) is 23.3 Å². The molecule has 0 saturated heterocycles. The van der Waals surface area contributed by atoms with Crippen LogP contribution in [0, 0.1) is 0 Å². The van der Waals surface area contributed by atoms with Gasteiger partial charge in [-0.1, -0.05) is 33.8 Å². The Bertz CT molecular complexity index is 434. The summed E-state index contributed by atoms with van der Waals surface area (Å²) in [7, 11) is 1.75. The zero-order chi connectivity index (χ0) is 19.1. The molecule has 2 N–H and O–H groups in total. The van der Waals surface area contributed by atoms with Crippen LogP contribution in [0.1, 0.15) is 47.0 Å². The topological polar surface area (TPSA) is 69.6 Å². The van der Waals surface area contributed by atoms with Gasteiger partial charge in [0, 0.05) is 25.2 Å². The molecule has 1 aliphatic rings. The van der Waals surface area contributed by atoms with Crippen LogP contribution in [-0.2, 0) is 9.59 Å². The summed E-state index contributed by atoms with van der Waals surface area (Å²) in [5.74, 6) is -1.06. The van der Waals surface area contributed by atoms with Crippen LogP contribution in [0.2, 0.25) is 0 Å². The number of rotatable bonds is 6. The van der Waals surface area contributed by atoms with Crippen LogP contribution in [0.5, 0.6) is 0 Å². The standard InChI is InChI=1S/C15H24N2O3.C2H6.CH4S/c1-4-8-17(3)14(18)11-6-7-13(16-5-2)10-12(9-11)15(19)20;2*1-2/h9-10,13,16H,4-8H2,1-3H3,(H,19,20);1-2H3;2H,1H3. The first-order valence-corrected chi connectivity index (χ1v) is 9.48. The summed E-state index contributed by atoms with van der Waals surface area (Å²) in [4.78, 5) is 25.2. The molecule has 0 radical (unpaired) electrons. The van der Waals surface area contributed by atoms with Crippen molar-refractivity contribution in [2.24, 2.45) is 0 Å². The van der Waals surface area contributed by atoms with Crippen LogP contribution in [0.15, 0.2) is 23.3 Å². The first kappa shape index (κ1) is 25.0. The van der Waals surface area contributed by atoms with Gasteiger partial charge in [0.15, 0.2) is 0 Å². The lowest BCUT2D eigenvalue weighted by atomic mass is 10.1. The van der Waals surface area contributed by atoms with Crippen molar-refractivity contribution >= 4 is 24.5 Å². The third-order valence-electron chi connectivity index (χ3n) is 3.33. The van der Waals surface area contributed by atoms with Crippen molar-refractivity contribution in [3.8, 4) is 0 Å². The van der Waals surface area contributed by atoms with E-state index < -0.39 is 5.97 Å². The average Bonchev–Trinajstić information content (AvgIpc) is 2.81. The van der Waals surface area contributed by atoms with Gasteiger partial charge in [-0.25, -0.2) is 4.79 Å². The van der Waals surface area contributed by atoms with Gasteiger partial charge in [-0.2, -0.15) is 12.6 Å². The summed E-state index contributed by atoms with van der Waals surface area (Å²) >= 11 is 3.53. The minimum atomic E-state index is -0.988. The lowest BCUT2D eigenvalue weighted by Gasteiger charge is -2.18. The van der Waals surface area contributed by atoms with Crippen molar-refractivity contribution in [2.75, 3.05) is 26.4 Å². The number of hydrogen-bond acceptors (Lipinski definition) is 4. The number of nitrogens with zero attached hydrogens (tertiary/aromatic N) is 1. The number of carboxylic acid groups (broad SMARTS) is 1. The monoisotopic (exact) mass is 358 g/mol. The Balaban J connectivity index is 0. The molecule has 5 nitrogen and oxygen atoms in total. The minimum Gasteiger partial charge on any atom is -0.478 e. The fourth-order valence-electron chi connectivity index (χ4n) is 2.33. The normalized spacial score (nSPS) is 16.2. The third-order valence-corrected chi connectivity index (χ3v) is 3.33. The number of carbonyl (C=O) groups excluding carboxylic acids is 1. The van der Waals surface area contributed by atoms with E-state index in [1.165, 1.54) is 6.08 Å². The molecule has 0 heterocycles. The number of carbonyl (C=O) groups is 2. The second kappa shape index (κ2) is 15.3. The summed E-state index contributed by atoms with van der Waals surface area (Å²) in [6.07, 6.45) is 7.14. The van der Waals surface area contributed by atoms with Gasteiger partial charge in [0.2, 0.25) is 5.91 Å². The number of likely N-dealkylation sites (N-methyl/N-ethyl adjacent to an activating group) is 2. The van der Waals surface area contributed by atoms with E-state index >= 15 is 0 Å². The highest BCUT2D eigenvalue weighted by Crippen LogP contribution is 2.19. The van der Waals surface area contributed by atoms with Crippen LogP contribution >= 0.6 is 12.6 Å². The van der Waals surface area contributed by atoms with Crippen LogP contribution < -0.4 is 5.32 Å². The molecule has 6 heteroatoms. The Kier molecular flexibility index (Phi) is 15.9. The van der Waals surface area contributed by atoms with Crippen LogP contribution in [0.3, 0.4) is 0 Å². The minimum absolute atomic E-state index is 0.00383. The summed E-state index contributed by atoms with van der Waals surface area (Å²) < 4.78 is 0. The average molecular weight is 359 g/mol. The Morgan fingerprint density at radius 1 is 1.33 bits per heavy atom. The molecule has 0 aromatic heterocycles. The number of hydrogen-bond donors (Lipinski definition) is 3. The quantitative estimate of drug-likeness (QED) is 0.638. The fraction of sp³-hybridized carbons (Fsp3) is 0.667. The molecular formula is C18H34N2O3S. The second-order valence-electron chi connectivity index (χ2n) is 5.03. The van der Waals surface area contributed by atoms with Crippen LogP contribution in [-0.4, -0.2) is 54.3 Å². The van der Waals surface area contributed by atoms with Crippen molar-refractivity contribution in [2.45, 2.75) is 53.0 Å². The van der Waals surface area contributed by atoms with Crippen LogP contribution in [0.25, 0.3) is 0 Å². The Hall–Kier alpha value is -1.27. The molecular weight excluding hydrogens is 324 g/mol. The molecule has 1 aliphatic carbocycles. The molecule has 0 aromatic carbocycles. The highest BCUT2D eigenvalue weighted by molar-refractivity contribution is 7.79. The molecule has 24 heavy (non-hydrogen) atoms. The molecule has 0 aromatic rings. The van der Waals surface area contributed by atoms with Crippen molar-refractivity contribution < 1.29 is 14.7 Å². The fourth-order valence-corrected chi connectivity index (χ4v) is 2.33. The number of aliphatic carboxylic acids is 1. The molecule has 0 aliphatic heterocycles. The van der Waals surface area contributed by atoms with Gasteiger partial charge in [0.05, 0.1) is 5.57 Å². The highest BCUT2D eigenvalue weighted by atomic mass is 32.1. The molecule has 1 rings (SSSR count). The van der Waals surface area contributed by atoms with Gasteiger partial charge >= 0.3 is 5.97 Å². The molecule has 0 bridgehead atoms. The Morgan fingerprint density at radius 3 is 2.38 bits per heavy atom. The SMILES string of the molecule is CC.CCCN(C)C(=O)C1=CC(C(=O)O)=CC(NCC)CC1.CS. The maximum atomic E-state index is 12.3. The zero-order valence-corrected chi connectivity index (χ0v) is 16.8. The van der Waals surface area contributed by atoms with Gasteiger partial charge in [0.1, 0.15) is 0 Å². The molecule has 140 valence electrons. The number of carboxylic acids is 1. The number of amides is 1.